The molecule has 0 amide bonds. The number of nitrogens with zero attached hydrogens (tertiary/aromatic N) is 2. The van der Waals surface area contributed by atoms with Gasteiger partial charge in [-0.2, -0.15) is 0 Å². The summed E-state index contributed by atoms with van der Waals surface area (Å²) < 4.78 is 18.4. The van der Waals surface area contributed by atoms with Crippen molar-refractivity contribution in [3.63, 3.8) is 0 Å². The van der Waals surface area contributed by atoms with Gasteiger partial charge in [-0.1, -0.05) is 12.1 Å². The van der Waals surface area contributed by atoms with Crippen molar-refractivity contribution in [3.8, 4) is 22.6 Å². The molecule has 0 bridgehead atoms. The number of methoxy groups -OCH3 is 2. The van der Waals surface area contributed by atoms with Gasteiger partial charge in [-0.05, 0) is 50.6 Å². The lowest BCUT2D eigenvalue weighted by Gasteiger charge is -2.17. The van der Waals surface area contributed by atoms with Crippen LogP contribution in [0.25, 0.3) is 11.1 Å². The summed E-state index contributed by atoms with van der Waals surface area (Å²) in [6.07, 6.45) is 0. The van der Waals surface area contributed by atoms with Gasteiger partial charge < -0.3 is 18.8 Å². The van der Waals surface area contributed by atoms with E-state index in [1.165, 1.54) is 18.2 Å². The molecule has 1 heterocycles. The van der Waals surface area contributed by atoms with Gasteiger partial charge in [0.05, 0.1) is 24.7 Å². The number of hydrogen-bond acceptors (Lipinski definition) is 6. The number of nitro groups is 1. The van der Waals surface area contributed by atoms with E-state index < -0.39 is 4.92 Å². The van der Waals surface area contributed by atoms with E-state index in [1.807, 2.05) is 26.8 Å². The van der Waals surface area contributed by atoms with Crippen LogP contribution in [0.15, 0.2) is 48.5 Å². The Morgan fingerprint density at radius 3 is 2.39 bits per heavy atom. The van der Waals surface area contributed by atoms with Crippen molar-refractivity contribution in [2.24, 2.45) is 0 Å². The summed E-state index contributed by atoms with van der Waals surface area (Å²) in [5, 5.41) is 11.3. The lowest BCUT2D eigenvalue weighted by Crippen LogP contribution is -2.16. The van der Waals surface area contributed by atoms with Gasteiger partial charge in [-0.3, -0.25) is 14.9 Å². The van der Waals surface area contributed by atoms with Crippen LogP contribution in [0.4, 0.5) is 5.69 Å². The topological polar surface area (TPSA) is 92.8 Å². The van der Waals surface area contributed by atoms with Gasteiger partial charge in [0, 0.05) is 41.8 Å². The number of non-ortho nitro benzene ring substituents is 1. The molecule has 0 unspecified atom stereocenters. The van der Waals surface area contributed by atoms with E-state index in [0.717, 1.165) is 11.4 Å². The van der Waals surface area contributed by atoms with Crippen LogP contribution in [0.3, 0.4) is 0 Å². The molecule has 3 aromatic rings. The smallest absolute Gasteiger partial charge is 0.270 e. The number of hydrogen-bond donors (Lipinski definition) is 0. The zero-order chi connectivity index (χ0) is 24.1. The minimum atomic E-state index is -0.460. The number of ketones is 1. The molecule has 8 heteroatoms. The van der Waals surface area contributed by atoms with Crippen LogP contribution >= 0.6 is 0 Å². The SMILES string of the molecule is COC[C@H](C)n1c(C)cc(C(=O)COc2ccc([N+](=O)[O-])cc2-c2ccc(OC)cc2)c1C. The Kier molecular flexibility index (Phi) is 7.50. The second kappa shape index (κ2) is 10.3. The number of aryl methyl sites for hydroxylation is 1. The third kappa shape index (κ3) is 5.23. The van der Waals surface area contributed by atoms with Gasteiger partial charge in [0.25, 0.3) is 5.69 Å². The van der Waals surface area contributed by atoms with Crippen LogP contribution in [0, 0.1) is 24.0 Å². The average Bonchev–Trinajstić information content (AvgIpc) is 3.11. The number of carbonyl (C=O) groups excluding carboxylic acids is 1. The van der Waals surface area contributed by atoms with Crippen molar-refractivity contribution in [2.75, 3.05) is 27.4 Å². The summed E-state index contributed by atoms with van der Waals surface area (Å²) in [4.78, 5) is 23.8. The molecule has 0 saturated carbocycles. The Morgan fingerprint density at radius 1 is 1.09 bits per heavy atom. The Balaban J connectivity index is 1.87. The number of aromatic nitrogens is 1. The number of Topliss-reactive ketones (excluding diaryl/α,β-unsaturated/α-hetero) is 1. The molecule has 3 rings (SSSR count). The molecule has 33 heavy (non-hydrogen) atoms. The van der Waals surface area contributed by atoms with Crippen LogP contribution < -0.4 is 9.47 Å². The van der Waals surface area contributed by atoms with E-state index in [-0.39, 0.29) is 24.1 Å². The maximum Gasteiger partial charge on any atom is 0.270 e. The first-order chi connectivity index (χ1) is 15.8. The van der Waals surface area contributed by atoms with Gasteiger partial charge in [0.1, 0.15) is 11.5 Å². The first kappa shape index (κ1) is 24.0. The summed E-state index contributed by atoms with van der Waals surface area (Å²) in [5.41, 5.74) is 3.59. The predicted octanol–water partition coefficient (Wildman–Crippen LogP) is 5.16. The third-order valence-electron chi connectivity index (χ3n) is 5.57. The fourth-order valence-electron chi connectivity index (χ4n) is 4.03. The van der Waals surface area contributed by atoms with Crippen molar-refractivity contribution in [2.45, 2.75) is 26.8 Å². The highest BCUT2D eigenvalue weighted by Gasteiger charge is 2.20. The molecule has 174 valence electrons. The van der Waals surface area contributed by atoms with E-state index in [9.17, 15) is 14.9 Å². The van der Waals surface area contributed by atoms with Crippen molar-refractivity contribution in [1.82, 2.24) is 4.57 Å². The average molecular weight is 453 g/mol. The molecule has 2 aromatic carbocycles. The fourth-order valence-corrected chi connectivity index (χ4v) is 4.03. The number of ether oxygens (including phenoxy) is 3. The number of benzene rings is 2. The molecule has 0 saturated heterocycles. The molecule has 1 atom stereocenters. The van der Waals surface area contributed by atoms with Gasteiger partial charge in [0.2, 0.25) is 5.78 Å². The van der Waals surface area contributed by atoms with Gasteiger partial charge in [-0.15, -0.1) is 0 Å². The summed E-state index contributed by atoms with van der Waals surface area (Å²) in [7, 11) is 3.21. The van der Waals surface area contributed by atoms with Crippen molar-refractivity contribution in [1.29, 1.82) is 0 Å². The Morgan fingerprint density at radius 2 is 1.79 bits per heavy atom. The summed E-state index contributed by atoms with van der Waals surface area (Å²) in [6.45, 7) is 6.24. The number of carbonyl (C=O) groups is 1. The van der Waals surface area contributed by atoms with Crippen molar-refractivity contribution < 1.29 is 23.9 Å². The normalized spacial score (nSPS) is 11.8. The fraction of sp³-hybridized carbons (Fsp3) is 0.320. The molecule has 0 aliphatic heterocycles. The largest absolute Gasteiger partial charge is 0.497 e. The Labute approximate surface area is 192 Å². The van der Waals surface area contributed by atoms with E-state index in [2.05, 4.69) is 4.57 Å². The quantitative estimate of drug-likeness (QED) is 0.240. The Bertz CT molecular complexity index is 1150. The molecule has 0 aliphatic rings. The molecule has 8 nitrogen and oxygen atoms in total. The maximum atomic E-state index is 13.0. The van der Waals surface area contributed by atoms with E-state index in [1.54, 1.807) is 38.5 Å². The molecular weight excluding hydrogens is 424 g/mol. The minimum absolute atomic E-state index is 0.0600. The molecule has 0 spiro atoms. The maximum absolute atomic E-state index is 13.0. The van der Waals surface area contributed by atoms with Crippen molar-refractivity contribution in [3.05, 3.63) is 75.6 Å². The van der Waals surface area contributed by atoms with Crippen LogP contribution in [-0.4, -0.2) is 42.7 Å². The lowest BCUT2D eigenvalue weighted by atomic mass is 10.0. The minimum Gasteiger partial charge on any atom is -0.497 e. The van der Waals surface area contributed by atoms with Crippen LogP contribution in [0.2, 0.25) is 0 Å². The zero-order valence-corrected chi connectivity index (χ0v) is 19.5. The van der Waals surface area contributed by atoms with E-state index >= 15 is 0 Å². The van der Waals surface area contributed by atoms with E-state index in [4.69, 9.17) is 14.2 Å². The van der Waals surface area contributed by atoms with E-state index in [0.29, 0.717) is 34.8 Å². The molecule has 0 N–H and O–H groups in total. The molecule has 0 radical (unpaired) electrons. The van der Waals surface area contributed by atoms with Crippen LogP contribution in [0.5, 0.6) is 11.5 Å². The molecule has 0 aliphatic carbocycles. The lowest BCUT2D eigenvalue weighted by molar-refractivity contribution is -0.384. The third-order valence-corrected chi connectivity index (χ3v) is 5.57. The number of rotatable bonds is 10. The zero-order valence-electron chi connectivity index (χ0n) is 19.5. The highest BCUT2D eigenvalue weighted by Crippen LogP contribution is 2.34. The first-order valence-corrected chi connectivity index (χ1v) is 10.5. The molecule has 1 aromatic heterocycles. The molecule has 0 fully saturated rings. The second-order valence-electron chi connectivity index (χ2n) is 7.84. The van der Waals surface area contributed by atoms with Crippen LogP contribution in [0.1, 0.15) is 34.7 Å². The second-order valence-corrected chi connectivity index (χ2v) is 7.84. The van der Waals surface area contributed by atoms with Gasteiger partial charge in [-0.25, -0.2) is 0 Å². The molecular formula is C25H28N2O6. The Hall–Kier alpha value is -3.65. The standard InChI is InChI=1S/C25H28N2O6/c1-16-12-22(18(3)26(16)17(2)14-31-4)24(28)15-33-25-11-8-20(27(29)30)13-23(25)19-6-9-21(32-5)10-7-19/h6-13,17H,14-15H2,1-5H3/t17-/m0/s1. The monoisotopic (exact) mass is 452 g/mol. The van der Waals surface area contributed by atoms with Crippen molar-refractivity contribution >= 4 is 11.5 Å². The van der Waals surface area contributed by atoms with Gasteiger partial charge >= 0.3 is 0 Å². The highest BCUT2D eigenvalue weighted by atomic mass is 16.6. The summed E-state index contributed by atoms with van der Waals surface area (Å²) >= 11 is 0. The highest BCUT2D eigenvalue weighted by molar-refractivity contribution is 5.98. The van der Waals surface area contributed by atoms with Gasteiger partial charge in [0.15, 0.2) is 6.61 Å². The predicted molar refractivity (Wildman–Crippen MR) is 125 cm³/mol. The van der Waals surface area contributed by atoms with Crippen LogP contribution in [-0.2, 0) is 4.74 Å². The summed E-state index contributed by atoms with van der Waals surface area (Å²) in [6, 6.07) is 13.4. The summed E-state index contributed by atoms with van der Waals surface area (Å²) in [5.74, 6) is 0.888. The number of nitro benzene ring substituents is 1. The first-order valence-electron chi connectivity index (χ1n) is 10.5.